The molecular formula is C24H28Cl2F3N5S. The third-order valence-electron chi connectivity index (χ3n) is 6.92. The van der Waals surface area contributed by atoms with Gasteiger partial charge in [0.15, 0.2) is 11.0 Å². The zero-order valence-electron chi connectivity index (χ0n) is 19.2. The van der Waals surface area contributed by atoms with Crippen LogP contribution in [0.5, 0.6) is 0 Å². The molecule has 5 rings (SSSR count). The molecule has 3 heterocycles. The molecule has 2 atom stereocenters. The maximum absolute atomic E-state index is 12.8. The molecule has 2 aliphatic rings. The van der Waals surface area contributed by atoms with Crippen LogP contribution in [0.4, 0.5) is 13.2 Å². The largest absolute Gasteiger partial charge is 0.416 e. The number of likely N-dealkylation sites (tertiary alicyclic amines) is 1. The fraction of sp³-hybridized carbons (Fsp3) is 0.458. The summed E-state index contributed by atoms with van der Waals surface area (Å²) in [4.78, 5) is 6.55. The lowest BCUT2D eigenvalue weighted by Gasteiger charge is -2.16. The van der Waals surface area contributed by atoms with Gasteiger partial charge in [0.05, 0.1) is 5.56 Å². The van der Waals surface area contributed by atoms with Gasteiger partial charge < -0.3 is 9.47 Å². The Labute approximate surface area is 219 Å². The Morgan fingerprint density at radius 1 is 1.06 bits per heavy atom. The van der Waals surface area contributed by atoms with E-state index in [0.29, 0.717) is 5.92 Å². The van der Waals surface area contributed by atoms with Gasteiger partial charge in [0.1, 0.15) is 0 Å². The molecule has 1 aromatic carbocycles. The second-order valence-electron chi connectivity index (χ2n) is 9.07. The first kappa shape index (κ1) is 27.8. The van der Waals surface area contributed by atoms with Gasteiger partial charge in [0.25, 0.3) is 0 Å². The minimum atomic E-state index is -4.27. The van der Waals surface area contributed by atoms with Gasteiger partial charge in [-0.15, -0.1) is 35.0 Å². The Kier molecular flexibility index (Phi) is 8.78. The number of hydrogen-bond donors (Lipinski definition) is 0. The fourth-order valence-corrected chi connectivity index (χ4v) is 5.83. The summed E-state index contributed by atoms with van der Waals surface area (Å²) in [6, 6.07) is 9.63. The molecule has 1 saturated heterocycles. The standard InChI is InChI=1S/C24H26F3N5S.2ClH/c1-31-21(18-7-10-28-11-8-18)29-30-22(31)33-14-2-12-32-13-9-23(16-32)15-20(23)17-3-5-19(6-4-17)24(25,26)27;;/h3-8,10-11,20H,2,9,12-16H2,1H3;2*1H. The lowest BCUT2D eigenvalue weighted by Crippen LogP contribution is -2.23. The average Bonchev–Trinajstić information content (AvgIpc) is 3.15. The van der Waals surface area contributed by atoms with Crippen molar-refractivity contribution >= 4 is 36.6 Å². The highest BCUT2D eigenvalue weighted by Crippen LogP contribution is 2.64. The normalized spacial score (nSPS) is 21.5. The van der Waals surface area contributed by atoms with Crippen molar-refractivity contribution in [1.29, 1.82) is 0 Å². The Balaban J connectivity index is 0.00000171. The monoisotopic (exact) mass is 545 g/mol. The van der Waals surface area contributed by atoms with Crippen LogP contribution >= 0.6 is 36.6 Å². The van der Waals surface area contributed by atoms with Crippen LogP contribution < -0.4 is 0 Å². The van der Waals surface area contributed by atoms with Crippen LogP contribution in [0.15, 0.2) is 53.9 Å². The van der Waals surface area contributed by atoms with E-state index in [2.05, 4.69) is 20.1 Å². The van der Waals surface area contributed by atoms with Crippen LogP contribution in [-0.4, -0.2) is 50.0 Å². The number of thioether (sulfide) groups is 1. The second kappa shape index (κ2) is 11.1. The van der Waals surface area contributed by atoms with Gasteiger partial charge in [-0.1, -0.05) is 23.9 Å². The van der Waals surface area contributed by atoms with Gasteiger partial charge >= 0.3 is 6.18 Å². The highest BCUT2D eigenvalue weighted by Gasteiger charge is 2.57. The van der Waals surface area contributed by atoms with Crippen LogP contribution in [0, 0.1) is 5.41 Å². The van der Waals surface area contributed by atoms with Gasteiger partial charge in [0, 0.05) is 37.3 Å². The number of nitrogens with zero attached hydrogens (tertiary/aromatic N) is 5. The molecule has 11 heteroatoms. The average molecular weight is 546 g/mol. The van der Waals surface area contributed by atoms with Crippen LogP contribution in [-0.2, 0) is 13.2 Å². The van der Waals surface area contributed by atoms with E-state index >= 15 is 0 Å². The number of rotatable bonds is 7. The molecule has 0 bridgehead atoms. The van der Waals surface area contributed by atoms with E-state index in [1.54, 1.807) is 36.3 Å². The van der Waals surface area contributed by atoms with Crippen molar-refractivity contribution in [2.45, 2.75) is 36.5 Å². The first-order chi connectivity index (χ1) is 15.9. The summed E-state index contributed by atoms with van der Waals surface area (Å²) < 4.78 is 40.5. The molecule has 1 aliphatic heterocycles. The predicted molar refractivity (Wildman–Crippen MR) is 136 cm³/mol. The maximum Gasteiger partial charge on any atom is 0.416 e. The van der Waals surface area contributed by atoms with Crippen molar-refractivity contribution in [3.63, 3.8) is 0 Å². The van der Waals surface area contributed by atoms with E-state index in [1.165, 1.54) is 12.1 Å². The Morgan fingerprint density at radius 3 is 2.46 bits per heavy atom. The zero-order valence-corrected chi connectivity index (χ0v) is 21.7. The molecule has 3 aromatic rings. The maximum atomic E-state index is 12.8. The van der Waals surface area contributed by atoms with Crippen molar-refractivity contribution < 1.29 is 13.2 Å². The Bertz CT molecular complexity index is 1110. The number of benzene rings is 1. The fourth-order valence-electron chi connectivity index (χ4n) is 4.99. The van der Waals surface area contributed by atoms with Gasteiger partial charge in [-0.3, -0.25) is 4.98 Å². The summed E-state index contributed by atoms with van der Waals surface area (Å²) in [5.41, 5.74) is 1.74. The van der Waals surface area contributed by atoms with Crippen LogP contribution in [0.25, 0.3) is 11.4 Å². The van der Waals surface area contributed by atoms with Crippen molar-refractivity contribution in [1.82, 2.24) is 24.6 Å². The number of pyridine rings is 1. The number of hydrogen-bond acceptors (Lipinski definition) is 5. The molecule has 35 heavy (non-hydrogen) atoms. The molecule has 0 N–H and O–H groups in total. The predicted octanol–water partition coefficient (Wildman–Crippen LogP) is 6.10. The molecule has 1 aliphatic carbocycles. The zero-order chi connectivity index (χ0) is 23.1. The van der Waals surface area contributed by atoms with E-state index in [0.717, 1.165) is 66.8 Å². The molecule has 2 aromatic heterocycles. The van der Waals surface area contributed by atoms with E-state index in [-0.39, 0.29) is 30.2 Å². The van der Waals surface area contributed by atoms with Crippen LogP contribution in [0.2, 0.25) is 0 Å². The van der Waals surface area contributed by atoms with Gasteiger partial charge in [-0.2, -0.15) is 13.2 Å². The third-order valence-corrected chi connectivity index (χ3v) is 8.02. The molecule has 1 spiro atoms. The van der Waals surface area contributed by atoms with E-state index in [9.17, 15) is 13.2 Å². The summed E-state index contributed by atoms with van der Waals surface area (Å²) in [6.07, 6.45) is 2.50. The van der Waals surface area contributed by atoms with Gasteiger partial charge in [-0.05, 0) is 73.5 Å². The highest BCUT2D eigenvalue weighted by atomic mass is 35.5. The minimum absolute atomic E-state index is 0. The lowest BCUT2D eigenvalue weighted by molar-refractivity contribution is -0.137. The van der Waals surface area contributed by atoms with Crippen LogP contribution in [0.1, 0.15) is 36.3 Å². The number of aromatic nitrogens is 4. The SMILES string of the molecule is Cl.Cl.Cn1c(SCCCN2CCC3(CC3c3ccc(C(F)(F)F)cc3)C2)nnc1-c1ccncc1. The molecule has 1 saturated carbocycles. The summed E-state index contributed by atoms with van der Waals surface area (Å²) >= 11 is 1.72. The molecule has 5 nitrogen and oxygen atoms in total. The van der Waals surface area contributed by atoms with Crippen LogP contribution in [0.3, 0.4) is 0 Å². The first-order valence-electron chi connectivity index (χ1n) is 11.2. The molecule has 0 radical (unpaired) electrons. The van der Waals surface area contributed by atoms with Gasteiger partial charge in [0.2, 0.25) is 0 Å². The van der Waals surface area contributed by atoms with E-state index in [1.807, 2.05) is 23.7 Å². The number of alkyl halides is 3. The van der Waals surface area contributed by atoms with Crippen molar-refractivity contribution in [2.24, 2.45) is 12.5 Å². The quantitative estimate of drug-likeness (QED) is 0.265. The van der Waals surface area contributed by atoms with E-state index < -0.39 is 11.7 Å². The van der Waals surface area contributed by atoms with Crippen molar-refractivity contribution in [3.8, 4) is 11.4 Å². The summed E-state index contributed by atoms with van der Waals surface area (Å²) in [7, 11) is 1.98. The molecule has 190 valence electrons. The summed E-state index contributed by atoms with van der Waals surface area (Å²) in [5, 5.41) is 9.55. The highest BCUT2D eigenvalue weighted by molar-refractivity contribution is 7.99. The lowest BCUT2D eigenvalue weighted by atomic mass is 9.97. The van der Waals surface area contributed by atoms with Gasteiger partial charge in [-0.25, -0.2) is 0 Å². The van der Waals surface area contributed by atoms with Crippen molar-refractivity contribution in [2.75, 3.05) is 25.4 Å². The Morgan fingerprint density at radius 2 is 1.77 bits per heavy atom. The minimum Gasteiger partial charge on any atom is -0.305 e. The second-order valence-corrected chi connectivity index (χ2v) is 10.1. The summed E-state index contributed by atoms with van der Waals surface area (Å²) in [5.74, 6) is 2.20. The van der Waals surface area contributed by atoms with Crippen molar-refractivity contribution in [3.05, 3.63) is 59.9 Å². The molecule has 2 unspecified atom stereocenters. The molecular weight excluding hydrogens is 518 g/mol. The van der Waals surface area contributed by atoms with E-state index in [4.69, 9.17) is 0 Å². The third kappa shape index (κ3) is 5.96. The number of halogens is 5. The first-order valence-corrected chi connectivity index (χ1v) is 12.2. The molecule has 2 fully saturated rings. The summed E-state index contributed by atoms with van der Waals surface area (Å²) in [6.45, 7) is 3.14. The topological polar surface area (TPSA) is 46.8 Å². The Hall–Kier alpha value is -1.81. The smallest absolute Gasteiger partial charge is 0.305 e. The molecule has 0 amide bonds.